The van der Waals surface area contributed by atoms with Crippen molar-refractivity contribution in [1.82, 2.24) is 10.2 Å². The Balaban J connectivity index is 1.54. The van der Waals surface area contributed by atoms with Crippen molar-refractivity contribution in [3.8, 4) is 23.0 Å². The summed E-state index contributed by atoms with van der Waals surface area (Å²) < 4.78 is 16.7. The first kappa shape index (κ1) is 16.4. The van der Waals surface area contributed by atoms with E-state index in [1.54, 1.807) is 7.11 Å². The fraction of sp³-hybridized carbons (Fsp3) is 0.222. The Morgan fingerprint density at radius 3 is 2.54 bits per heavy atom. The van der Waals surface area contributed by atoms with Crippen molar-refractivity contribution in [3.63, 3.8) is 0 Å². The largest absolute Gasteiger partial charge is 0.493 e. The van der Waals surface area contributed by atoms with Crippen LogP contribution >= 0.6 is 11.8 Å². The molecule has 0 aliphatic heterocycles. The Labute approximate surface area is 145 Å². The van der Waals surface area contributed by atoms with E-state index in [0.717, 1.165) is 22.6 Å². The number of benzene rings is 2. The monoisotopic (exact) mass is 342 g/mol. The van der Waals surface area contributed by atoms with Crippen molar-refractivity contribution in [2.45, 2.75) is 12.1 Å². The second kappa shape index (κ2) is 7.88. The van der Waals surface area contributed by atoms with Gasteiger partial charge in [0.1, 0.15) is 0 Å². The number of para-hydroxylation sites is 2. The molecule has 124 valence electrons. The van der Waals surface area contributed by atoms with Crippen LogP contribution in [0, 0.1) is 6.92 Å². The summed E-state index contributed by atoms with van der Waals surface area (Å²) in [4.78, 5) is 0. The minimum Gasteiger partial charge on any atom is -0.493 e. The van der Waals surface area contributed by atoms with E-state index in [4.69, 9.17) is 13.9 Å². The summed E-state index contributed by atoms with van der Waals surface area (Å²) in [5.41, 5.74) is 2.07. The van der Waals surface area contributed by atoms with Gasteiger partial charge in [-0.3, -0.25) is 0 Å². The maximum Gasteiger partial charge on any atom is 0.276 e. The topological polar surface area (TPSA) is 57.4 Å². The Morgan fingerprint density at radius 1 is 1.00 bits per heavy atom. The highest BCUT2D eigenvalue weighted by atomic mass is 32.2. The maximum absolute atomic E-state index is 5.72. The summed E-state index contributed by atoms with van der Waals surface area (Å²) in [6.45, 7) is 2.54. The van der Waals surface area contributed by atoms with Gasteiger partial charge >= 0.3 is 0 Å². The van der Waals surface area contributed by atoms with Crippen LogP contribution in [0.15, 0.2) is 58.2 Å². The highest BCUT2D eigenvalue weighted by molar-refractivity contribution is 7.99. The van der Waals surface area contributed by atoms with Gasteiger partial charge in [0.25, 0.3) is 5.22 Å². The van der Waals surface area contributed by atoms with Crippen LogP contribution in [0.5, 0.6) is 11.5 Å². The van der Waals surface area contributed by atoms with E-state index in [0.29, 0.717) is 23.5 Å². The first-order chi connectivity index (χ1) is 11.8. The molecule has 0 fully saturated rings. The molecular weight excluding hydrogens is 324 g/mol. The Hall–Kier alpha value is -2.47. The van der Waals surface area contributed by atoms with Crippen LogP contribution in [0.3, 0.4) is 0 Å². The fourth-order valence-electron chi connectivity index (χ4n) is 2.21. The lowest BCUT2D eigenvalue weighted by Crippen LogP contribution is -2.01. The van der Waals surface area contributed by atoms with Crippen LogP contribution in [0.2, 0.25) is 0 Å². The standard InChI is InChI=1S/C18H18N2O3S/c1-13-7-3-4-8-14(13)17-19-20-18(23-17)24-12-11-22-16-10-6-5-9-15(16)21-2/h3-10H,11-12H2,1-2H3. The number of rotatable bonds is 7. The van der Waals surface area contributed by atoms with Gasteiger partial charge in [0, 0.05) is 11.3 Å². The number of aromatic nitrogens is 2. The Morgan fingerprint density at radius 2 is 1.75 bits per heavy atom. The highest BCUT2D eigenvalue weighted by Gasteiger charge is 2.11. The number of ether oxygens (including phenoxy) is 2. The molecule has 0 N–H and O–H groups in total. The summed E-state index contributed by atoms with van der Waals surface area (Å²) in [5.74, 6) is 2.70. The van der Waals surface area contributed by atoms with Crippen LogP contribution in [0.4, 0.5) is 0 Å². The van der Waals surface area contributed by atoms with Crippen LogP contribution in [0.1, 0.15) is 5.56 Å². The molecule has 6 heteroatoms. The molecule has 0 spiro atoms. The number of nitrogens with zero attached hydrogens (tertiary/aromatic N) is 2. The van der Waals surface area contributed by atoms with Gasteiger partial charge < -0.3 is 13.9 Å². The summed E-state index contributed by atoms with van der Waals surface area (Å²) in [6, 6.07) is 15.5. The SMILES string of the molecule is COc1ccccc1OCCSc1nnc(-c2ccccc2C)o1. The van der Waals surface area contributed by atoms with E-state index in [-0.39, 0.29) is 0 Å². The quantitative estimate of drug-likeness (QED) is 0.473. The second-order valence-electron chi connectivity index (χ2n) is 5.04. The van der Waals surface area contributed by atoms with Gasteiger partial charge in [-0.25, -0.2) is 0 Å². The number of hydrogen-bond acceptors (Lipinski definition) is 6. The van der Waals surface area contributed by atoms with Gasteiger partial charge in [-0.05, 0) is 30.7 Å². The minimum atomic E-state index is 0.521. The van der Waals surface area contributed by atoms with Crippen molar-refractivity contribution < 1.29 is 13.9 Å². The van der Waals surface area contributed by atoms with Crippen molar-refractivity contribution in [2.24, 2.45) is 0 Å². The number of aryl methyl sites for hydroxylation is 1. The first-order valence-corrected chi connectivity index (χ1v) is 8.54. The lowest BCUT2D eigenvalue weighted by atomic mass is 10.1. The van der Waals surface area contributed by atoms with Crippen LogP contribution in [-0.2, 0) is 0 Å². The smallest absolute Gasteiger partial charge is 0.276 e. The van der Waals surface area contributed by atoms with Crippen molar-refractivity contribution in [2.75, 3.05) is 19.5 Å². The normalized spacial score (nSPS) is 10.6. The zero-order chi connectivity index (χ0) is 16.8. The van der Waals surface area contributed by atoms with Gasteiger partial charge in [-0.15, -0.1) is 10.2 Å². The highest BCUT2D eigenvalue weighted by Crippen LogP contribution is 2.27. The Kier molecular flexibility index (Phi) is 5.38. The molecule has 1 aromatic heterocycles. The minimum absolute atomic E-state index is 0.521. The molecule has 0 amide bonds. The van der Waals surface area contributed by atoms with Crippen molar-refractivity contribution in [3.05, 3.63) is 54.1 Å². The summed E-state index contributed by atoms with van der Waals surface area (Å²) >= 11 is 1.47. The van der Waals surface area contributed by atoms with Gasteiger partial charge in [0.2, 0.25) is 5.89 Å². The fourth-order valence-corrected chi connectivity index (χ4v) is 2.79. The van der Waals surface area contributed by atoms with Gasteiger partial charge in [-0.2, -0.15) is 0 Å². The van der Waals surface area contributed by atoms with E-state index >= 15 is 0 Å². The third kappa shape index (κ3) is 3.89. The van der Waals surface area contributed by atoms with E-state index in [9.17, 15) is 0 Å². The third-order valence-corrected chi connectivity index (χ3v) is 4.20. The van der Waals surface area contributed by atoms with Gasteiger partial charge in [0.15, 0.2) is 11.5 Å². The summed E-state index contributed by atoms with van der Waals surface area (Å²) in [5, 5.41) is 8.73. The van der Waals surface area contributed by atoms with Crippen LogP contribution in [0.25, 0.3) is 11.5 Å². The molecule has 0 aliphatic rings. The zero-order valence-electron chi connectivity index (χ0n) is 13.6. The average molecular weight is 342 g/mol. The van der Waals surface area contributed by atoms with Gasteiger partial charge in [0.05, 0.1) is 13.7 Å². The van der Waals surface area contributed by atoms with Crippen molar-refractivity contribution >= 4 is 11.8 Å². The molecule has 3 rings (SSSR count). The second-order valence-corrected chi connectivity index (χ2v) is 6.08. The van der Waals surface area contributed by atoms with Crippen molar-refractivity contribution in [1.29, 1.82) is 0 Å². The summed E-state index contributed by atoms with van der Waals surface area (Å²) in [6.07, 6.45) is 0. The molecular formula is C18H18N2O3S. The predicted molar refractivity (Wildman–Crippen MR) is 93.7 cm³/mol. The molecule has 0 aliphatic carbocycles. The molecule has 0 radical (unpaired) electrons. The number of methoxy groups -OCH3 is 1. The van der Waals surface area contributed by atoms with Crippen LogP contribution < -0.4 is 9.47 Å². The van der Waals surface area contributed by atoms with E-state index in [1.807, 2.05) is 55.5 Å². The molecule has 1 heterocycles. The molecule has 5 nitrogen and oxygen atoms in total. The molecule has 24 heavy (non-hydrogen) atoms. The number of thioether (sulfide) groups is 1. The molecule has 3 aromatic rings. The first-order valence-electron chi connectivity index (χ1n) is 7.56. The number of hydrogen-bond donors (Lipinski definition) is 0. The maximum atomic E-state index is 5.72. The molecule has 0 bridgehead atoms. The lowest BCUT2D eigenvalue weighted by molar-refractivity contribution is 0.313. The zero-order valence-corrected chi connectivity index (χ0v) is 14.4. The van der Waals surface area contributed by atoms with E-state index in [1.165, 1.54) is 11.8 Å². The van der Waals surface area contributed by atoms with Crippen LogP contribution in [-0.4, -0.2) is 29.7 Å². The lowest BCUT2D eigenvalue weighted by Gasteiger charge is -2.09. The average Bonchev–Trinajstić information content (AvgIpc) is 3.08. The van der Waals surface area contributed by atoms with E-state index in [2.05, 4.69) is 10.2 Å². The summed E-state index contributed by atoms with van der Waals surface area (Å²) in [7, 11) is 1.63. The third-order valence-electron chi connectivity index (χ3n) is 3.42. The molecule has 0 unspecified atom stereocenters. The molecule has 2 aromatic carbocycles. The van der Waals surface area contributed by atoms with Gasteiger partial charge in [-0.1, -0.05) is 42.1 Å². The molecule has 0 saturated heterocycles. The predicted octanol–water partition coefficient (Wildman–Crippen LogP) is 4.22. The molecule has 0 saturated carbocycles. The van der Waals surface area contributed by atoms with E-state index < -0.39 is 0 Å². The Bertz CT molecular complexity index is 804. The molecule has 0 atom stereocenters.